The Labute approximate surface area is 229 Å². The van der Waals surface area contributed by atoms with Crippen LogP contribution < -0.4 is 20.5 Å². The lowest BCUT2D eigenvalue weighted by Crippen LogP contribution is -2.57. The van der Waals surface area contributed by atoms with Gasteiger partial charge >= 0.3 is 10.2 Å². The van der Waals surface area contributed by atoms with E-state index in [1.165, 1.54) is 12.1 Å². The lowest BCUT2D eigenvalue weighted by atomic mass is 9.78. The standard InChI is InChI=1S/C24H22F4IN5O3S/c1-24(6-2-7-24)34(38(31,36)37)23-19(27)12(5-8-32-23)9-13-10-15(22(30)35)21(20(28)18(13)26)33-17-4-3-14(29)11-16(17)25/h3-5,8,10-11,33H,2,6-7,9H2,1H3,(H2,30,35)(H2,31,36,37). The molecule has 3 aromatic rings. The molecule has 0 aliphatic heterocycles. The Hall–Kier alpha value is -2.98. The molecule has 0 unspecified atom stereocenters. The SMILES string of the molecule is CC1(N(c2nccc(Cc3cc(C(N)=O)c(Nc4ccc(I)cc4F)c(F)c3F)c2F)S(N)(=O)=O)CCC1. The van der Waals surface area contributed by atoms with Gasteiger partial charge in [0, 0.05) is 16.2 Å². The number of rotatable bonds is 8. The van der Waals surface area contributed by atoms with Crippen molar-refractivity contribution >= 4 is 55.9 Å². The molecule has 0 saturated heterocycles. The topological polar surface area (TPSA) is 131 Å². The average Bonchev–Trinajstić information content (AvgIpc) is 2.80. The van der Waals surface area contributed by atoms with Gasteiger partial charge in [-0.15, -0.1) is 0 Å². The smallest absolute Gasteiger partial charge is 0.300 e. The van der Waals surface area contributed by atoms with Crippen molar-refractivity contribution in [1.82, 2.24) is 4.98 Å². The molecule has 1 saturated carbocycles. The molecular weight excluding hydrogens is 641 g/mol. The molecule has 202 valence electrons. The molecule has 1 aromatic heterocycles. The Balaban J connectivity index is 1.76. The molecule has 1 aliphatic carbocycles. The maximum Gasteiger partial charge on any atom is 0.300 e. The number of aromatic nitrogens is 1. The minimum Gasteiger partial charge on any atom is -0.366 e. The van der Waals surface area contributed by atoms with Crippen LogP contribution in [-0.4, -0.2) is 24.8 Å². The lowest BCUT2D eigenvalue weighted by molar-refractivity contribution is 0.100. The summed E-state index contributed by atoms with van der Waals surface area (Å²) in [6, 6.07) is 6.03. The Kier molecular flexibility index (Phi) is 7.60. The van der Waals surface area contributed by atoms with Gasteiger partial charge in [-0.2, -0.15) is 8.42 Å². The first-order valence-corrected chi connectivity index (χ1v) is 13.8. The maximum atomic E-state index is 15.6. The first-order chi connectivity index (χ1) is 17.7. The van der Waals surface area contributed by atoms with Crippen molar-refractivity contribution < 1.29 is 30.8 Å². The van der Waals surface area contributed by atoms with Crippen LogP contribution >= 0.6 is 22.6 Å². The number of pyridine rings is 1. The molecule has 0 spiro atoms. The van der Waals surface area contributed by atoms with Crippen LogP contribution in [0.15, 0.2) is 36.5 Å². The summed E-state index contributed by atoms with van der Waals surface area (Å²) < 4.78 is 86.2. The molecule has 5 N–H and O–H groups in total. The van der Waals surface area contributed by atoms with E-state index in [2.05, 4.69) is 10.3 Å². The number of carbonyl (C=O) groups excluding carboxylic acids is 1. The number of hydrogen-bond acceptors (Lipinski definition) is 5. The van der Waals surface area contributed by atoms with Gasteiger partial charge in [0.1, 0.15) is 5.82 Å². The van der Waals surface area contributed by atoms with E-state index in [0.29, 0.717) is 27.1 Å². The quantitative estimate of drug-likeness (QED) is 0.239. The summed E-state index contributed by atoms with van der Waals surface area (Å²) in [5, 5.41) is 7.74. The summed E-state index contributed by atoms with van der Waals surface area (Å²) in [7, 11) is -4.43. The van der Waals surface area contributed by atoms with Gasteiger partial charge in [-0.3, -0.25) is 4.79 Å². The Bertz CT molecular complexity index is 1550. The number of primary amides is 1. The van der Waals surface area contributed by atoms with E-state index in [1.807, 2.05) is 22.6 Å². The van der Waals surface area contributed by atoms with E-state index in [0.717, 1.165) is 24.4 Å². The molecule has 1 fully saturated rings. The second kappa shape index (κ2) is 10.3. The highest BCUT2D eigenvalue weighted by Crippen LogP contribution is 2.42. The molecule has 1 amide bonds. The zero-order chi connectivity index (χ0) is 28.0. The van der Waals surface area contributed by atoms with Gasteiger partial charge in [0.05, 0.1) is 22.5 Å². The molecule has 38 heavy (non-hydrogen) atoms. The van der Waals surface area contributed by atoms with Gasteiger partial charge in [-0.25, -0.2) is 32.0 Å². The summed E-state index contributed by atoms with van der Waals surface area (Å²) in [6.45, 7) is 1.60. The van der Waals surface area contributed by atoms with E-state index in [4.69, 9.17) is 10.9 Å². The van der Waals surface area contributed by atoms with E-state index in [1.54, 1.807) is 6.92 Å². The summed E-state index contributed by atoms with van der Waals surface area (Å²) in [5.41, 5.74) is 2.31. The number of nitrogens with zero attached hydrogens (tertiary/aromatic N) is 2. The monoisotopic (exact) mass is 663 g/mol. The largest absolute Gasteiger partial charge is 0.366 e. The summed E-state index contributed by atoms with van der Waals surface area (Å²) >= 11 is 1.87. The van der Waals surface area contributed by atoms with Crippen molar-refractivity contribution in [2.45, 2.75) is 38.1 Å². The van der Waals surface area contributed by atoms with E-state index >= 15 is 13.2 Å². The Morgan fingerprint density at radius 2 is 1.79 bits per heavy atom. The molecule has 1 heterocycles. The van der Waals surface area contributed by atoms with E-state index in [9.17, 15) is 17.6 Å². The Morgan fingerprint density at radius 1 is 1.11 bits per heavy atom. The van der Waals surface area contributed by atoms with Crippen LogP contribution in [0.1, 0.15) is 47.7 Å². The van der Waals surface area contributed by atoms with Crippen molar-refractivity contribution in [2.24, 2.45) is 10.9 Å². The molecule has 14 heteroatoms. The fraction of sp³-hybridized carbons (Fsp3) is 0.250. The predicted octanol–water partition coefficient (Wildman–Crippen LogP) is 4.63. The first-order valence-electron chi connectivity index (χ1n) is 11.2. The van der Waals surface area contributed by atoms with Crippen LogP contribution in [0.2, 0.25) is 0 Å². The van der Waals surface area contributed by atoms with Crippen LogP contribution in [0.4, 0.5) is 34.8 Å². The van der Waals surface area contributed by atoms with Gasteiger partial charge in [-0.05, 0) is 90.2 Å². The van der Waals surface area contributed by atoms with Crippen molar-refractivity contribution in [2.75, 3.05) is 9.62 Å². The van der Waals surface area contributed by atoms with Crippen LogP contribution in [0.3, 0.4) is 0 Å². The molecule has 4 rings (SSSR count). The van der Waals surface area contributed by atoms with Crippen LogP contribution in [0, 0.1) is 26.8 Å². The number of hydrogen-bond donors (Lipinski definition) is 3. The minimum absolute atomic E-state index is 0.226. The maximum absolute atomic E-state index is 15.6. The van der Waals surface area contributed by atoms with Crippen molar-refractivity contribution in [1.29, 1.82) is 0 Å². The summed E-state index contributed by atoms with van der Waals surface area (Å²) in [6.07, 6.45) is 2.08. The number of nitrogens with two attached hydrogens (primary N) is 2. The molecule has 0 atom stereocenters. The van der Waals surface area contributed by atoms with Crippen molar-refractivity contribution in [3.05, 3.63) is 80.1 Å². The van der Waals surface area contributed by atoms with E-state index in [-0.39, 0.29) is 11.3 Å². The lowest BCUT2D eigenvalue weighted by Gasteiger charge is -2.46. The van der Waals surface area contributed by atoms with Gasteiger partial charge in [0.25, 0.3) is 5.91 Å². The summed E-state index contributed by atoms with van der Waals surface area (Å²) in [4.78, 5) is 16.0. The number of halogens is 5. The highest BCUT2D eigenvalue weighted by Gasteiger charge is 2.45. The molecular formula is C24H22F4IN5O3S. The third kappa shape index (κ3) is 5.29. The molecule has 8 nitrogen and oxygen atoms in total. The molecule has 2 aromatic carbocycles. The van der Waals surface area contributed by atoms with Crippen LogP contribution in [-0.2, 0) is 16.6 Å². The molecule has 1 aliphatic rings. The van der Waals surface area contributed by atoms with Gasteiger partial charge in [0.15, 0.2) is 23.3 Å². The first kappa shape index (κ1) is 28.0. The zero-order valence-corrected chi connectivity index (χ0v) is 22.8. The normalized spacial score (nSPS) is 14.6. The fourth-order valence-electron chi connectivity index (χ4n) is 4.38. The third-order valence-electron chi connectivity index (χ3n) is 6.44. The van der Waals surface area contributed by atoms with Gasteiger partial charge in [0.2, 0.25) is 0 Å². The highest BCUT2D eigenvalue weighted by molar-refractivity contribution is 14.1. The number of carbonyl (C=O) groups is 1. The average molecular weight is 663 g/mol. The molecule has 0 radical (unpaired) electrons. The predicted molar refractivity (Wildman–Crippen MR) is 142 cm³/mol. The summed E-state index contributed by atoms with van der Waals surface area (Å²) in [5.74, 6) is -6.56. The Morgan fingerprint density at radius 3 is 2.34 bits per heavy atom. The number of amides is 1. The highest BCUT2D eigenvalue weighted by atomic mass is 127. The third-order valence-corrected chi connectivity index (χ3v) is 8.23. The second-order valence-electron chi connectivity index (χ2n) is 9.14. The fourth-order valence-corrected chi connectivity index (χ4v) is 6.00. The number of anilines is 3. The minimum atomic E-state index is -4.43. The van der Waals surface area contributed by atoms with Crippen molar-refractivity contribution in [3.8, 4) is 0 Å². The number of benzene rings is 2. The van der Waals surface area contributed by atoms with Gasteiger partial charge in [-0.1, -0.05) is 0 Å². The zero-order valence-electron chi connectivity index (χ0n) is 19.9. The van der Waals surface area contributed by atoms with Gasteiger partial charge < -0.3 is 11.1 Å². The van der Waals surface area contributed by atoms with Crippen LogP contribution in [0.25, 0.3) is 0 Å². The van der Waals surface area contributed by atoms with E-state index < -0.39 is 74.0 Å². The number of nitrogens with one attached hydrogen (secondary N) is 1. The molecule has 0 bridgehead atoms. The van der Waals surface area contributed by atoms with Crippen LogP contribution in [0.5, 0.6) is 0 Å². The van der Waals surface area contributed by atoms with Crippen molar-refractivity contribution in [3.63, 3.8) is 0 Å². The second-order valence-corrected chi connectivity index (χ2v) is 11.8.